The summed E-state index contributed by atoms with van der Waals surface area (Å²) in [6.45, 7) is 8.47. The van der Waals surface area contributed by atoms with E-state index in [2.05, 4.69) is 13.8 Å². The van der Waals surface area contributed by atoms with Crippen LogP contribution in [0.15, 0.2) is 42.5 Å². The number of ether oxygens (including phenoxy) is 4. The second kappa shape index (κ2) is 14.1. The van der Waals surface area contributed by atoms with E-state index in [1.807, 2.05) is 31.2 Å². The lowest BCUT2D eigenvalue weighted by Gasteiger charge is -2.29. The van der Waals surface area contributed by atoms with Crippen LogP contribution in [0, 0.1) is 12.8 Å². The number of aryl methyl sites for hydroxylation is 1. The number of benzene rings is 2. The Balaban J connectivity index is 1.47. The molecule has 1 fully saturated rings. The molecule has 5 nitrogen and oxygen atoms in total. The highest BCUT2D eigenvalue weighted by atomic mass is 16.7. The third-order valence-electron chi connectivity index (χ3n) is 6.22. The summed E-state index contributed by atoms with van der Waals surface area (Å²) in [5.41, 5.74) is 2.28. The number of carbonyl (C=O) groups is 1. The lowest BCUT2D eigenvalue weighted by molar-refractivity contribution is -0.206. The Morgan fingerprint density at radius 3 is 2.29 bits per heavy atom. The van der Waals surface area contributed by atoms with Crippen molar-refractivity contribution in [1.29, 1.82) is 0 Å². The van der Waals surface area contributed by atoms with E-state index in [9.17, 15) is 4.79 Å². The Bertz CT molecular complexity index is 869. The molecule has 0 spiro atoms. The fourth-order valence-electron chi connectivity index (χ4n) is 4.07. The van der Waals surface area contributed by atoms with Crippen LogP contribution in [-0.2, 0) is 9.47 Å². The molecule has 186 valence electrons. The highest BCUT2D eigenvalue weighted by molar-refractivity contribution is 5.91. The van der Waals surface area contributed by atoms with Crippen LogP contribution in [0.4, 0.5) is 0 Å². The highest BCUT2D eigenvalue weighted by Gasteiger charge is 2.23. The lowest BCUT2D eigenvalue weighted by Crippen LogP contribution is -2.27. The third kappa shape index (κ3) is 8.14. The molecule has 34 heavy (non-hydrogen) atoms. The molecule has 1 saturated heterocycles. The SMILES string of the molecule is CCCCCCOc1ccc(OC(=O)c2ccc(C3OCC(CCCCC)CO3)cc2)c(C)c1. The monoisotopic (exact) mass is 468 g/mol. The number of hydrogen-bond donors (Lipinski definition) is 0. The summed E-state index contributed by atoms with van der Waals surface area (Å²) in [4.78, 5) is 12.7. The van der Waals surface area contributed by atoms with Crippen molar-refractivity contribution in [2.24, 2.45) is 5.92 Å². The Morgan fingerprint density at radius 1 is 0.912 bits per heavy atom. The van der Waals surface area contributed by atoms with Crippen LogP contribution in [0.5, 0.6) is 11.5 Å². The molecule has 2 aromatic carbocycles. The largest absolute Gasteiger partial charge is 0.494 e. The van der Waals surface area contributed by atoms with E-state index in [4.69, 9.17) is 18.9 Å². The first-order valence-electron chi connectivity index (χ1n) is 12.9. The van der Waals surface area contributed by atoms with Gasteiger partial charge in [-0.3, -0.25) is 0 Å². The van der Waals surface area contributed by atoms with Gasteiger partial charge in [-0.15, -0.1) is 0 Å². The number of hydrogen-bond acceptors (Lipinski definition) is 5. The zero-order valence-electron chi connectivity index (χ0n) is 21.0. The summed E-state index contributed by atoms with van der Waals surface area (Å²) in [7, 11) is 0. The molecular weight excluding hydrogens is 428 g/mol. The summed E-state index contributed by atoms with van der Waals surface area (Å²) < 4.78 is 23.3. The van der Waals surface area contributed by atoms with E-state index in [0.29, 0.717) is 23.8 Å². The lowest BCUT2D eigenvalue weighted by atomic mass is 10.0. The van der Waals surface area contributed by atoms with Gasteiger partial charge in [-0.2, -0.15) is 0 Å². The predicted octanol–water partition coefficient (Wildman–Crippen LogP) is 7.42. The van der Waals surface area contributed by atoms with Crippen LogP contribution in [0.3, 0.4) is 0 Å². The van der Waals surface area contributed by atoms with Crippen LogP contribution in [0.25, 0.3) is 0 Å². The number of esters is 1. The fourth-order valence-corrected chi connectivity index (χ4v) is 4.07. The standard InChI is InChI=1S/C29H40O5/c1-4-6-8-10-18-31-26-16-17-27(22(3)19-26)34-28(30)24-12-14-25(15-13-24)29-32-20-23(21-33-29)11-9-7-5-2/h12-17,19,23,29H,4-11,18,20-21H2,1-3H3. The van der Waals surface area contributed by atoms with Crippen molar-refractivity contribution in [3.8, 4) is 11.5 Å². The average Bonchev–Trinajstić information content (AvgIpc) is 2.86. The number of carbonyl (C=O) groups excluding carboxylic acids is 1. The van der Waals surface area contributed by atoms with Crippen LogP contribution in [-0.4, -0.2) is 25.8 Å². The molecule has 0 atom stereocenters. The smallest absolute Gasteiger partial charge is 0.343 e. The molecule has 0 amide bonds. The Morgan fingerprint density at radius 2 is 1.62 bits per heavy atom. The van der Waals surface area contributed by atoms with Crippen LogP contribution < -0.4 is 9.47 Å². The van der Waals surface area contributed by atoms with Gasteiger partial charge in [0.05, 0.1) is 25.4 Å². The molecule has 1 aliphatic heterocycles. The van der Waals surface area contributed by atoms with E-state index in [1.165, 1.54) is 38.5 Å². The first-order chi connectivity index (χ1) is 16.6. The van der Waals surface area contributed by atoms with E-state index in [-0.39, 0.29) is 12.3 Å². The van der Waals surface area contributed by atoms with Gasteiger partial charge in [0.15, 0.2) is 6.29 Å². The first kappa shape index (κ1) is 26.2. The average molecular weight is 469 g/mol. The van der Waals surface area contributed by atoms with E-state index in [0.717, 1.165) is 42.9 Å². The Labute approximate surface area is 204 Å². The van der Waals surface area contributed by atoms with Crippen molar-refractivity contribution in [2.75, 3.05) is 19.8 Å². The second-order valence-corrected chi connectivity index (χ2v) is 9.21. The second-order valence-electron chi connectivity index (χ2n) is 9.21. The van der Waals surface area contributed by atoms with Crippen molar-refractivity contribution < 1.29 is 23.7 Å². The minimum Gasteiger partial charge on any atom is -0.494 e. The molecular formula is C29H40O5. The summed E-state index contributed by atoms with van der Waals surface area (Å²) in [5, 5.41) is 0. The minimum absolute atomic E-state index is 0.371. The zero-order chi connectivity index (χ0) is 24.2. The maximum absolute atomic E-state index is 12.7. The molecule has 0 radical (unpaired) electrons. The minimum atomic E-state index is -0.385. The van der Waals surface area contributed by atoms with Gasteiger partial charge in [0, 0.05) is 11.5 Å². The van der Waals surface area contributed by atoms with Crippen LogP contribution >= 0.6 is 0 Å². The van der Waals surface area contributed by atoms with Gasteiger partial charge >= 0.3 is 5.97 Å². The molecule has 1 heterocycles. The Kier molecular flexibility index (Phi) is 10.9. The van der Waals surface area contributed by atoms with Gasteiger partial charge in [0.2, 0.25) is 0 Å². The van der Waals surface area contributed by atoms with Crippen molar-refractivity contribution in [2.45, 2.75) is 78.4 Å². The van der Waals surface area contributed by atoms with Crippen molar-refractivity contribution >= 4 is 5.97 Å². The summed E-state index contributed by atoms with van der Waals surface area (Å²) in [6, 6.07) is 12.8. The van der Waals surface area contributed by atoms with E-state index >= 15 is 0 Å². The maximum atomic E-state index is 12.7. The molecule has 0 bridgehead atoms. The van der Waals surface area contributed by atoms with Gasteiger partial charge in [-0.05, 0) is 55.7 Å². The molecule has 0 N–H and O–H groups in total. The first-order valence-corrected chi connectivity index (χ1v) is 12.9. The predicted molar refractivity (Wildman–Crippen MR) is 134 cm³/mol. The quantitative estimate of drug-likeness (QED) is 0.174. The van der Waals surface area contributed by atoms with E-state index < -0.39 is 0 Å². The molecule has 0 aromatic heterocycles. The summed E-state index contributed by atoms with van der Waals surface area (Å²) in [6.07, 6.45) is 9.17. The molecule has 0 saturated carbocycles. The molecule has 0 unspecified atom stereocenters. The number of unbranched alkanes of at least 4 members (excludes halogenated alkanes) is 5. The van der Waals surface area contributed by atoms with Crippen molar-refractivity contribution in [1.82, 2.24) is 0 Å². The normalized spacial score (nSPS) is 18.0. The molecule has 0 aliphatic carbocycles. The van der Waals surface area contributed by atoms with Crippen LogP contribution in [0.2, 0.25) is 0 Å². The van der Waals surface area contributed by atoms with Crippen molar-refractivity contribution in [3.63, 3.8) is 0 Å². The summed E-state index contributed by atoms with van der Waals surface area (Å²) in [5.74, 6) is 1.43. The summed E-state index contributed by atoms with van der Waals surface area (Å²) >= 11 is 0. The molecule has 2 aromatic rings. The number of rotatable bonds is 13. The zero-order valence-corrected chi connectivity index (χ0v) is 21.0. The van der Waals surface area contributed by atoms with Crippen LogP contribution in [0.1, 0.15) is 93.0 Å². The Hall–Kier alpha value is -2.37. The molecule has 3 rings (SSSR count). The molecule has 5 heteroatoms. The third-order valence-corrected chi connectivity index (χ3v) is 6.22. The van der Waals surface area contributed by atoms with Gasteiger partial charge in [0.25, 0.3) is 0 Å². The maximum Gasteiger partial charge on any atom is 0.343 e. The van der Waals surface area contributed by atoms with Gasteiger partial charge in [-0.25, -0.2) is 4.79 Å². The topological polar surface area (TPSA) is 54.0 Å². The van der Waals surface area contributed by atoms with Crippen molar-refractivity contribution in [3.05, 3.63) is 59.2 Å². The van der Waals surface area contributed by atoms with Gasteiger partial charge in [0.1, 0.15) is 11.5 Å². The van der Waals surface area contributed by atoms with Gasteiger partial charge < -0.3 is 18.9 Å². The van der Waals surface area contributed by atoms with E-state index in [1.54, 1.807) is 18.2 Å². The highest BCUT2D eigenvalue weighted by Crippen LogP contribution is 2.28. The van der Waals surface area contributed by atoms with Gasteiger partial charge in [-0.1, -0.05) is 64.5 Å². The fraction of sp³-hybridized carbons (Fsp3) is 0.552. The molecule has 1 aliphatic rings.